The summed E-state index contributed by atoms with van der Waals surface area (Å²) in [5.41, 5.74) is 0.467. The fraction of sp³-hybridized carbons (Fsp3) is 0.286. The molecule has 7 heteroatoms. The minimum absolute atomic E-state index is 0.0726. The largest absolute Gasteiger partial charge is 0.392 e. The van der Waals surface area contributed by atoms with Gasteiger partial charge in [0.1, 0.15) is 12.4 Å². The molecule has 0 amide bonds. The Morgan fingerprint density at radius 3 is 3.07 bits per heavy atom. The highest BCUT2D eigenvalue weighted by Gasteiger charge is 2.22. The molecule has 1 aromatic heterocycles. The van der Waals surface area contributed by atoms with Crippen molar-refractivity contribution < 1.29 is 10.0 Å². The number of aromatic nitrogens is 1. The molecule has 1 unspecified atom stereocenters. The molecule has 0 spiro atoms. The molecule has 0 aromatic carbocycles. The zero-order valence-corrected chi connectivity index (χ0v) is 7.10. The van der Waals surface area contributed by atoms with Crippen molar-refractivity contribution >= 4 is 17.2 Å². The Hall–Kier alpha value is -1.89. The van der Waals surface area contributed by atoms with Crippen molar-refractivity contribution in [3.8, 4) is 0 Å². The van der Waals surface area contributed by atoms with Crippen LogP contribution in [0.15, 0.2) is 12.3 Å². The van der Waals surface area contributed by atoms with Crippen LogP contribution in [0.1, 0.15) is 0 Å². The maximum atomic E-state index is 10.4. The summed E-state index contributed by atoms with van der Waals surface area (Å²) in [4.78, 5) is 13.8. The molecule has 1 aliphatic heterocycles. The minimum atomic E-state index is -0.513. The molecule has 7 nitrogen and oxygen atoms in total. The van der Waals surface area contributed by atoms with Gasteiger partial charge in [0.25, 0.3) is 5.69 Å². The van der Waals surface area contributed by atoms with Gasteiger partial charge in [-0.3, -0.25) is 10.1 Å². The molecule has 74 valence electrons. The lowest BCUT2D eigenvalue weighted by molar-refractivity contribution is -0.385. The summed E-state index contributed by atoms with van der Waals surface area (Å²) in [6, 6.07) is 1.38. The summed E-state index contributed by atoms with van der Waals surface area (Å²) in [6.07, 6.45) is 0.854. The van der Waals surface area contributed by atoms with E-state index in [4.69, 9.17) is 5.11 Å². The molecule has 1 atom stereocenters. The van der Waals surface area contributed by atoms with Crippen molar-refractivity contribution in [1.82, 2.24) is 4.98 Å². The number of anilines is 2. The van der Waals surface area contributed by atoms with Gasteiger partial charge in [-0.05, 0) is 0 Å². The highest BCUT2D eigenvalue weighted by atomic mass is 16.6. The summed E-state index contributed by atoms with van der Waals surface area (Å²) in [6.45, 7) is -0.107. The molecule has 3 N–H and O–H groups in total. The van der Waals surface area contributed by atoms with E-state index in [0.717, 1.165) is 0 Å². The Morgan fingerprint density at radius 1 is 1.64 bits per heavy atom. The van der Waals surface area contributed by atoms with Crippen LogP contribution in [0.25, 0.3) is 0 Å². The number of aliphatic hydroxyl groups is 1. The van der Waals surface area contributed by atoms with Gasteiger partial charge in [-0.1, -0.05) is 0 Å². The van der Waals surface area contributed by atoms with E-state index < -0.39 is 4.92 Å². The molecule has 14 heavy (non-hydrogen) atoms. The standard InChI is InChI=1S/C7H8N4O3/c12-3-6-9-5-1-4(11(13)14)2-8-7(5)10-6/h1-2,6,9,12H,3H2,(H,8,10). The number of pyridine rings is 1. The summed E-state index contributed by atoms with van der Waals surface area (Å²) in [5, 5.41) is 25.0. The van der Waals surface area contributed by atoms with Gasteiger partial charge in [-0.2, -0.15) is 0 Å². The van der Waals surface area contributed by atoms with E-state index >= 15 is 0 Å². The average Bonchev–Trinajstić information content (AvgIpc) is 2.58. The van der Waals surface area contributed by atoms with Crippen LogP contribution in [0.3, 0.4) is 0 Å². The average molecular weight is 196 g/mol. The van der Waals surface area contributed by atoms with Crippen molar-refractivity contribution in [1.29, 1.82) is 0 Å². The van der Waals surface area contributed by atoms with Crippen LogP contribution in [0.5, 0.6) is 0 Å². The van der Waals surface area contributed by atoms with Gasteiger partial charge in [0.2, 0.25) is 0 Å². The summed E-state index contributed by atoms with van der Waals surface area (Å²) in [7, 11) is 0. The van der Waals surface area contributed by atoms with Crippen LogP contribution >= 0.6 is 0 Å². The molecule has 0 fully saturated rings. The third kappa shape index (κ3) is 1.33. The molecule has 0 bridgehead atoms. The number of nitrogens with zero attached hydrogens (tertiary/aromatic N) is 2. The van der Waals surface area contributed by atoms with Gasteiger partial charge in [-0.15, -0.1) is 0 Å². The van der Waals surface area contributed by atoms with Gasteiger partial charge in [0.15, 0.2) is 5.82 Å². The van der Waals surface area contributed by atoms with Gasteiger partial charge < -0.3 is 15.7 Å². The monoisotopic (exact) mass is 196 g/mol. The van der Waals surface area contributed by atoms with Crippen LogP contribution in [-0.4, -0.2) is 27.8 Å². The third-order valence-corrected chi connectivity index (χ3v) is 1.91. The minimum Gasteiger partial charge on any atom is -0.392 e. The van der Waals surface area contributed by atoms with E-state index in [0.29, 0.717) is 11.5 Å². The second-order valence-corrected chi connectivity index (χ2v) is 2.87. The number of fused-ring (bicyclic) bond motifs is 1. The van der Waals surface area contributed by atoms with Gasteiger partial charge in [0, 0.05) is 6.07 Å². The van der Waals surface area contributed by atoms with Crippen molar-refractivity contribution in [2.75, 3.05) is 17.2 Å². The lowest BCUT2D eigenvalue weighted by Crippen LogP contribution is -2.26. The van der Waals surface area contributed by atoms with Gasteiger partial charge in [-0.25, -0.2) is 4.98 Å². The quantitative estimate of drug-likeness (QED) is 0.459. The fourth-order valence-electron chi connectivity index (χ4n) is 1.26. The maximum absolute atomic E-state index is 10.4. The Balaban J connectivity index is 2.31. The number of aliphatic hydroxyl groups excluding tert-OH is 1. The van der Waals surface area contributed by atoms with Gasteiger partial charge >= 0.3 is 0 Å². The normalized spacial score (nSPS) is 18.2. The van der Waals surface area contributed by atoms with Crippen LogP contribution in [0, 0.1) is 10.1 Å². The molecule has 0 saturated heterocycles. The lowest BCUT2D eigenvalue weighted by atomic mass is 10.3. The van der Waals surface area contributed by atoms with Gasteiger partial charge in [0.05, 0.1) is 17.2 Å². The molecule has 2 rings (SSSR count). The van der Waals surface area contributed by atoms with Crippen molar-refractivity contribution in [2.24, 2.45) is 0 Å². The number of hydrogen-bond acceptors (Lipinski definition) is 6. The second kappa shape index (κ2) is 3.11. The van der Waals surface area contributed by atoms with Crippen molar-refractivity contribution in [3.63, 3.8) is 0 Å². The van der Waals surface area contributed by atoms with E-state index in [1.54, 1.807) is 0 Å². The first-order valence-electron chi connectivity index (χ1n) is 3.99. The SMILES string of the molecule is O=[N+]([O-])c1cnc2c(c1)NC(CO)N2. The molecule has 0 radical (unpaired) electrons. The lowest BCUT2D eigenvalue weighted by Gasteiger charge is -2.05. The first kappa shape index (κ1) is 8.70. The highest BCUT2D eigenvalue weighted by Crippen LogP contribution is 2.29. The maximum Gasteiger partial charge on any atom is 0.289 e. The predicted octanol–water partition coefficient (Wildman–Crippen LogP) is 0.146. The summed E-state index contributed by atoms with van der Waals surface area (Å²) < 4.78 is 0. The molecule has 1 aliphatic rings. The van der Waals surface area contributed by atoms with Crippen molar-refractivity contribution in [2.45, 2.75) is 6.17 Å². The smallest absolute Gasteiger partial charge is 0.289 e. The Bertz CT molecular complexity index is 381. The Labute approximate surface area is 78.9 Å². The number of nitrogens with one attached hydrogen (secondary N) is 2. The van der Waals surface area contributed by atoms with E-state index in [-0.39, 0.29) is 18.5 Å². The first-order chi connectivity index (χ1) is 6.70. The van der Waals surface area contributed by atoms with E-state index in [1.807, 2.05) is 0 Å². The van der Waals surface area contributed by atoms with E-state index in [2.05, 4.69) is 15.6 Å². The molecule has 0 saturated carbocycles. The third-order valence-electron chi connectivity index (χ3n) is 1.91. The summed E-state index contributed by atoms with van der Waals surface area (Å²) in [5.74, 6) is 0.523. The number of hydrogen-bond donors (Lipinski definition) is 3. The second-order valence-electron chi connectivity index (χ2n) is 2.87. The molecule has 2 heterocycles. The zero-order valence-electron chi connectivity index (χ0n) is 7.10. The first-order valence-corrected chi connectivity index (χ1v) is 3.99. The molecular formula is C7H8N4O3. The van der Waals surface area contributed by atoms with E-state index in [9.17, 15) is 10.1 Å². The Kier molecular flexibility index (Phi) is 1.93. The van der Waals surface area contributed by atoms with Crippen LogP contribution in [0.2, 0.25) is 0 Å². The number of nitro groups is 1. The number of rotatable bonds is 2. The van der Waals surface area contributed by atoms with Crippen LogP contribution in [-0.2, 0) is 0 Å². The molecule has 0 aliphatic carbocycles. The highest BCUT2D eigenvalue weighted by molar-refractivity contribution is 5.72. The zero-order chi connectivity index (χ0) is 10.1. The van der Waals surface area contributed by atoms with Crippen molar-refractivity contribution in [3.05, 3.63) is 22.4 Å². The van der Waals surface area contributed by atoms with Crippen LogP contribution in [0.4, 0.5) is 17.2 Å². The molecule has 1 aromatic rings. The van der Waals surface area contributed by atoms with E-state index in [1.165, 1.54) is 12.3 Å². The molecular weight excluding hydrogens is 188 g/mol. The fourth-order valence-corrected chi connectivity index (χ4v) is 1.26. The Morgan fingerprint density at radius 2 is 2.43 bits per heavy atom. The summed E-state index contributed by atoms with van der Waals surface area (Å²) >= 11 is 0. The predicted molar refractivity (Wildman–Crippen MR) is 49.0 cm³/mol. The topological polar surface area (TPSA) is 100 Å². The van der Waals surface area contributed by atoms with Crippen LogP contribution < -0.4 is 10.6 Å².